The Kier molecular flexibility index (Phi) is 7.02. The quantitative estimate of drug-likeness (QED) is 0.196. The van der Waals surface area contributed by atoms with Gasteiger partial charge in [0.05, 0.1) is 0 Å². The first-order valence-corrected chi connectivity index (χ1v) is 15.9. The number of benzene rings is 4. The zero-order valence-electron chi connectivity index (χ0n) is 25.7. The standard InChI is InChI=1S/C32H18N8.C6H14/c1-2-10-18-17(9-1)25-33-26(18)38-28-21-13-5-6-14-22(21)30(35-28)40-32-24-16-8-7-15-23(24)31(36-32)39-29-20-12-4-3-11-19(20)27(34-29)37-25;1-3-5-6-4-2/h1-16H,(H2,33,34,35,36,37,38,39,40);3-6H2,1-2H3. The van der Waals surface area contributed by atoms with E-state index in [9.17, 15) is 0 Å². The van der Waals surface area contributed by atoms with Crippen LogP contribution in [0.2, 0.25) is 0 Å². The van der Waals surface area contributed by atoms with Crippen LogP contribution in [-0.4, -0.2) is 39.9 Å². The number of hydrogen-bond acceptors (Lipinski definition) is 6. The highest BCUT2D eigenvalue weighted by Crippen LogP contribution is 2.36. The molecule has 0 aliphatic carbocycles. The molecule has 0 fully saturated rings. The molecule has 0 unspecified atom stereocenters. The summed E-state index contributed by atoms with van der Waals surface area (Å²) in [5.74, 6) is 2.39. The molecular weight excluding hydrogens is 568 g/mol. The molecule has 0 radical (unpaired) electrons. The highest BCUT2D eigenvalue weighted by atomic mass is 15.1. The number of nitrogens with one attached hydrogen (secondary N) is 2. The summed E-state index contributed by atoms with van der Waals surface area (Å²) < 4.78 is 0. The van der Waals surface area contributed by atoms with Gasteiger partial charge in [-0.25, -0.2) is 29.9 Å². The summed E-state index contributed by atoms with van der Waals surface area (Å²) in [5, 5.41) is 3.82. The number of aromatic nitrogens is 8. The van der Waals surface area contributed by atoms with Crippen LogP contribution < -0.4 is 0 Å². The van der Waals surface area contributed by atoms with E-state index >= 15 is 0 Å². The lowest BCUT2D eigenvalue weighted by Gasteiger charge is -1.96. The van der Waals surface area contributed by atoms with Crippen molar-refractivity contribution in [1.29, 1.82) is 0 Å². The molecule has 7 aromatic rings. The highest BCUT2D eigenvalue weighted by Gasteiger charge is 2.21. The van der Waals surface area contributed by atoms with Crippen molar-refractivity contribution in [3.05, 3.63) is 97.1 Å². The van der Waals surface area contributed by atoms with Gasteiger partial charge < -0.3 is 9.97 Å². The van der Waals surface area contributed by atoms with Crippen LogP contribution in [0, 0.1) is 0 Å². The fourth-order valence-electron chi connectivity index (χ4n) is 6.09. The van der Waals surface area contributed by atoms with Crippen LogP contribution >= 0.6 is 0 Å². The third-order valence-electron chi connectivity index (χ3n) is 8.42. The Labute approximate surface area is 265 Å². The number of H-pyrrole nitrogens is 2. The van der Waals surface area contributed by atoms with Gasteiger partial charge in [0, 0.05) is 43.8 Å². The van der Waals surface area contributed by atoms with Gasteiger partial charge in [-0.05, 0) is 0 Å². The Morgan fingerprint density at radius 2 is 0.630 bits per heavy atom. The smallest absolute Gasteiger partial charge is 0.164 e. The summed E-state index contributed by atoms with van der Waals surface area (Å²) in [6, 6.07) is 32.2. The van der Waals surface area contributed by atoms with Crippen molar-refractivity contribution in [3.8, 4) is 45.6 Å². The summed E-state index contributed by atoms with van der Waals surface area (Å²) in [4.78, 5) is 36.8. The number of hydrogen-bond donors (Lipinski definition) is 2. The molecule has 0 atom stereocenters. The molecule has 8 heteroatoms. The summed E-state index contributed by atoms with van der Waals surface area (Å²) in [5.41, 5.74) is 6.45. The van der Waals surface area contributed by atoms with Crippen molar-refractivity contribution in [2.75, 3.05) is 0 Å². The molecule has 46 heavy (non-hydrogen) atoms. The van der Waals surface area contributed by atoms with Gasteiger partial charge in [-0.1, -0.05) is 137 Å². The van der Waals surface area contributed by atoms with Crippen LogP contribution in [0.1, 0.15) is 39.5 Å². The molecule has 224 valence electrons. The van der Waals surface area contributed by atoms with Gasteiger partial charge in [0.2, 0.25) is 0 Å². The monoisotopic (exact) mass is 600 g/mol. The maximum Gasteiger partial charge on any atom is 0.164 e. The fraction of sp³-hybridized carbons (Fsp3) is 0.158. The van der Waals surface area contributed by atoms with E-state index in [1.807, 2.05) is 97.1 Å². The summed E-state index contributed by atoms with van der Waals surface area (Å²) >= 11 is 0. The number of nitrogens with zero attached hydrogens (tertiary/aromatic N) is 6. The minimum Gasteiger partial charge on any atom is -0.324 e. The summed E-state index contributed by atoms with van der Waals surface area (Å²) in [6.07, 6.45) is 5.54. The van der Waals surface area contributed by atoms with Crippen LogP contribution in [0.4, 0.5) is 0 Å². The lowest BCUT2D eigenvalue weighted by Crippen LogP contribution is -1.82. The third-order valence-corrected chi connectivity index (χ3v) is 8.42. The van der Waals surface area contributed by atoms with Crippen molar-refractivity contribution in [2.45, 2.75) is 39.5 Å². The Balaban J connectivity index is 0.000000478. The van der Waals surface area contributed by atoms with Crippen molar-refractivity contribution < 1.29 is 0 Å². The molecule has 0 spiro atoms. The van der Waals surface area contributed by atoms with Crippen LogP contribution in [0.15, 0.2) is 97.1 Å². The average Bonchev–Trinajstić information content (AvgIpc) is 3.83. The number of aromatic amines is 2. The predicted molar refractivity (Wildman–Crippen MR) is 186 cm³/mol. The fourth-order valence-corrected chi connectivity index (χ4v) is 6.09. The molecule has 0 saturated carbocycles. The third kappa shape index (κ3) is 4.79. The molecule has 3 aromatic heterocycles. The second-order valence-corrected chi connectivity index (χ2v) is 11.5. The van der Waals surface area contributed by atoms with Crippen LogP contribution in [0.25, 0.3) is 89.7 Å². The first kappa shape index (κ1) is 27.8. The molecular formula is C38H32N8. The minimum absolute atomic E-state index is 0.597. The maximum atomic E-state index is 5.02. The maximum absolute atomic E-state index is 5.02. The summed E-state index contributed by atoms with van der Waals surface area (Å²) in [7, 11) is 0. The van der Waals surface area contributed by atoms with Gasteiger partial charge >= 0.3 is 0 Å². The van der Waals surface area contributed by atoms with E-state index in [1.165, 1.54) is 25.7 Å². The highest BCUT2D eigenvalue weighted by molar-refractivity contribution is 6.06. The molecule has 2 aliphatic rings. The van der Waals surface area contributed by atoms with Gasteiger partial charge in [-0.3, -0.25) is 0 Å². The molecule has 2 N–H and O–H groups in total. The second kappa shape index (κ2) is 11.6. The van der Waals surface area contributed by atoms with Crippen molar-refractivity contribution >= 4 is 44.1 Å². The van der Waals surface area contributed by atoms with Gasteiger partial charge in [0.1, 0.15) is 22.6 Å². The zero-order valence-corrected chi connectivity index (χ0v) is 25.7. The van der Waals surface area contributed by atoms with Gasteiger partial charge in [0.25, 0.3) is 0 Å². The number of unbranched alkanes of at least 4 members (excludes halogenated alkanes) is 3. The Morgan fingerprint density at radius 3 is 0.891 bits per heavy atom. The summed E-state index contributed by atoms with van der Waals surface area (Å²) in [6.45, 7) is 4.46. The second-order valence-electron chi connectivity index (χ2n) is 11.5. The lowest BCUT2D eigenvalue weighted by molar-refractivity contribution is 0.702. The van der Waals surface area contributed by atoms with E-state index in [0.717, 1.165) is 43.8 Å². The number of rotatable bonds is 3. The Bertz CT molecular complexity index is 2100. The largest absolute Gasteiger partial charge is 0.324 e. The minimum atomic E-state index is 0.597. The normalized spacial score (nSPS) is 11.6. The molecule has 2 aliphatic heterocycles. The van der Waals surface area contributed by atoms with Crippen LogP contribution in [0.5, 0.6) is 0 Å². The number of fused-ring (bicyclic) bond motifs is 20. The van der Waals surface area contributed by atoms with Crippen molar-refractivity contribution in [2.24, 2.45) is 0 Å². The van der Waals surface area contributed by atoms with Gasteiger partial charge in [-0.15, -0.1) is 0 Å². The van der Waals surface area contributed by atoms with Crippen molar-refractivity contribution in [1.82, 2.24) is 39.9 Å². The SMILES string of the molecule is CCCCCC.c1ccc2c(c1)-c1nc-2nc2[nH]c(nc3nc(nc4[nH]c(n1)c1ccccc41)-c1ccccc1-3)c1ccccc21. The van der Waals surface area contributed by atoms with E-state index in [4.69, 9.17) is 29.9 Å². The first-order valence-electron chi connectivity index (χ1n) is 15.9. The van der Waals surface area contributed by atoms with E-state index in [1.54, 1.807) is 0 Å². The zero-order chi connectivity index (χ0) is 31.0. The molecule has 8 nitrogen and oxygen atoms in total. The van der Waals surface area contributed by atoms with E-state index < -0.39 is 0 Å². The van der Waals surface area contributed by atoms with E-state index in [0.29, 0.717) is 45.9 Å². The Morgan fingerprint density at radius 1 is 0.370 bits per heavy atom. The molecule has 0 saturated heterocycles. The molecule has 0 amide bonds. The van der Waals surface area contributed by atoms with E-state index in [-0.39, 0.29) is 0 Å². The van der Waals surface area contributed by atoms with E-state index in [2.05, 4.69) is 23.8 Å². The Hall–Kier alpha value is -5.76. The molecule has 5 heterocycles. The van der Waals surface area contributed by atoms with Gasteiger partial charge in [0.15, 0.2) is 23.3 Å². The first-order chi connectivity index (χ1) is 22.7. The van der Waals surface area contributed by atoms with Crippen LogP contribution in [0.3, 0.4) is 0 Å². The molecule has 9 rings (SSSR count). The van der Waals surface area contributed by atoms with Crippen molar-refractivity contribution in [3.63, 3.8) is 0 Å². The van der Waals surface area contributed by atoms with Gasteiger partial charge in [-0.2, -0.15) is 0 Å². The average molecular weight is 601 g/mol. The molecule has 4 aromatic carbocycles. The lowest BCUT2D eigenvalue weighted by atomic mass is 10.1. The molecule has 8 bridgehead atoms. The topological polar surface area (TPSA) is 109 Å². The van der Waals surface area contributed by atoms with Crippen LogP contribution in [-0.2, 0) is 0 Å². The predicted octanol–water partition coefficient (Wildman–Crippen LogP) is 9.46.